The third-order valence-electron chi connectivity index (χ3n) is 3.21. The van der Waals surface area contributed by atoms with Crippen LogP contribution in [0.4, 0.5) is 0 Å². The zero-order chi connectivity index (χ0) is 12.8. The van der Waals surface area contributed by atoms with Gasteiger partial charge in [-0.25, -0.2) is 0 Å². The first-order valence-electron chi connectivity index (χ1n) is 6.29. The molecule has 2 heteroatoms. The molecule has 2 rings (SSSR count). The molecule has 94 valence electrons. The van der Waals surface area contributed by atoms with Crippen molar-refractivity contribution in [3.05, 3.63) is 71.3 Å². The maximum Gasteiger partial charge on any atom is 0.0685 e. The van der Waals surface area contributed by atoms with Gasteiger partial charge in [-0.2, -0.15) is 0 Å². The Balaban J connectivity index is 2.01. The molecule has 3 N–H and O–H groups in total. The lowest BCUT2D eigenvalue weighted by atomic mass is 9.96. The van der Waals surface area contributed by atoms with Gasteiger partial charge in [-0.3, -0.25) is 0 Å². The molecule has 18 heavy (non-hydrogen) atoms. The van der Waals surface area contributed by atoms with Gasteiger partial charge in [-0.05, 0) is 29.5 Å². The molecular formula is C16H19NO. The minimum Gasteiger partial charge on any atom is -0.392 e. The average molecular weight is 241 g/mol. The van der Waals surface area contributed by atoms with E-state index in [-0.39, 0.29) is 12.6 Å². The average Bonchev–Trinajstić information content (AvgIpc) is 2.45. The predicted octanol–water partition coefficient (Wildman–Crippen LogP) is 2.81. The highest BCUT2D eigenvalue weighted by Crippen LogP contribution is 2.20. The summed E-state index contributed by atoms with van der Waals surface area (Å²) in [4.78, 5) is 0. The summed E-state index contributed by atoms with van der Waals surface area (Å²) in [6, 6.07) is 18.1. The molecule has 0 aromatic heterocycles. The van der Waals surface area contributed by atoms with Gasteiger partial charge in [0.25, 0.3) is 0 Å². The van der Waals surface area contributed by atoms with Crippen molar-refractivity contribution in [2.75, 3.05) is 0 Å². The van der Waals surface area contributed by atoms with Crippen molar-refractivity contribution in [2.45, 2.75) is 25.5 Å². The van der Waals surface area contributed by atoms with Gasteiger partial charge in [0, 0.05) is 6.04 Å². The van der Waals surface area contributed by atoms with Crippen molar-refractivity contribution in [1.82, 2.24) is 0 Å². The maximum absolute atomic E-state index is 9.30. The summed E-state index contributed by atoms with van der Waals surface area (Å²) >= 11 is 0. The Labute approximate surface area is 108 Å². The summed E-state index contributed by atoms with van der Waals surface area (Å²) < 4.78 is 0. The summed E-state index contributed by atoms with van der Waals surface area (Å²) in [5.41, 5.74) is 9.49. The van der Waals surface area contributed by atoms with Crippen molar-refractivity contribution >= 4 is 0 Å². The number of hydrogen-bond acceptors (Lipinski definition) is 2. The number of aliphatic hydroxyl groups excluding tert-OH is 1. The van der Waals surface area contributed by atoms with E-state index in [4.69, 9.17) is 5.73 Å². The van der Waals surface area contributed by atoms with E-state index in [2.05, 4.69) is 12.1 Å². The largest absolute Gasteiger partial charge is 0.392 e. The molecule has 2 aromatic rings. The van der Waals surface area contributed by atoms with Crippen molar-refractivity contribution in [1.29, 1.82) is 0 Å². The summed E-state index contributed by atoms with van der Waals surface area (Å²) in [5.74, 6) is 0. The SMILES string of the molecule is NC(CCc1ccccc1)c1ccccc1CO. The van der Waals surface area contributed by atoms with Crippen LogP contribution in [0.15, 0.2) is 54.6 Å². The minimum absolute atomic E-state index is 0.0199. The molecule has 2 nitrogen and oxygen atoms in total. The van der Waals surface area contributed by atoms with Gasteiger partial charge in [0.15, 0.2) is 0 Å². The number of benzene rings is 2. The second-order valence-corrected chi connectivity index (χ2v) is 4.49. The molecule has 0 amide bonds. The maximum atomic E-state index is 9.30. The quantitative estimate of drug-likeness (QED) is 0.845. The standard InChI is InChI=1S/C16H19NO/c17-16(11-10-13-6-2-1-3-7-13)15-9-5-4-8-14(15)12-18/h1-9,16,18H,10-12,17H2. The van der Waals surface area contributed by atoms with E-state index in [1.165, 1.54) is 5.56 Å². The van der Waals surface area contributed by atoms with E-state index in [1.807, 2.05) is 42.5 Å². The number of rotatable bonds is 5. The van der Waals surface area contributed by atoms with Crippen LogP contribution in [0.2, 0.25) is 0 Å². The Kier molecular flexibility index (Phi) is 4.51. The first-order chi connectivity index (χ1) is 8.81. The third kappa shape index (κ3) is 3.19. The number of hydrogen-bond donors (Lipinski definition) is 2. The van der Waals surface area contributed by atoms with Crippen molar-refractivity contribution in [3.63, 3.8) is 0 Å². The number of nitrogens with two attached hydrogens (primary N) is 1. The van der Waals surface area contributed by atoms with E-state index < -0.39 is 0 Å². The Morgan fingerprint density at radius 1 is 0.944 bits per heavy atom. The van der Waals surface area contributed by atoms with Crippen LogP contribution < -0.4 is 5.73 Å². The Morgan fingerprint density at radius 2 is 1.61 bits per heavy atom. The van der Waals surface area contributed by atoms with Crippen molar-refractivity contribution in [3.8, 4) is 0 Å². The van der Waals surface area contributed by atoms with Crippen LogP contribution in [-0.4, -0.2) is 5.11 Å². The summed E-state index contributed by atoms with van der Waals surface area (Å²) in [5, 5.41) is 9.30. The molecule has 2 aromatic carbocycles. The highest BCUT2D eigenvalue weighted by Gasteiger charge is 2.09. The van der Waals surface area contributed by atoms with Gasteiger partial charge in [0.05, 0.1) is 6.61 Å². The summed E-state index contributed by atoms with van der Waals surface area (Å²) in [6.45, 7) is 0.0508. The second kappa shape index (κ2) is 6.34. The fraction of sp³-hybridized carbons (Fsp3) is 0.250. The van der Waals surface area contributed by atoms with Crippen LogP contribution >= 0.6 is 0 Å². The number of aliphatic hydroxyl groups is 1. The Hall–Kier alpha value is -1.64. The van der Waals surface area contributed by atoms with Crippen molar-refractivity contribution < 1.29 is 5.11 Å². The zero-order valence-electron chi connectivity index (χ0n) is 10.4. The van der Waals surface area contributed by atoms with Gasteiger partial charge in [-0.15, -0.1) is 0 Å². The van der Waals surface area contributed by atoms with E-state index in [1.54, 1.807) is 0 Å². The topological polar surface area (TPSA) is 46.2 Å². The van der Waals surface area contributed by atoms with Crippen LogP contribution in [0.1, 0.15) is 29.2 Å². The van der Waals surface area contributed by atoms with Crippen LogP contribution in [-0.2, 0) is 13.0 Å². The van der Waals surface area contributed by atoms with Crippen LogP contribution in [0.5, 0.6) is 0 Å². The monoisotopic (exact) mass is 241 g/mol. The van der Waals surface area contributed by atoms with Gasteiger partial charge in [0.2, 0.25) is 0 Å². The first kappa shape index (κ1) is 12.8. The smallest absolute Gasteiger partial charge is 0.0685 e. The van der Waals surface area contributed by atoms with Crippen LogP contribution in [0, 0.1) is 0 Å². The normalized spacial score (nSPS) is 12.3. The minimum atomic E-state index is -0.0199. The molecule has 0 spiro atoms. The molecule has 0 aliphatic rings. The Bertz CT molecular complexity index is 481. The van der Waals surface area contributed by atoms with Crippen LogP contribution in [0.3, 0.4) is 0 Å². The fourth-order valence-electron chi connectivity index (χ4n) is 2.16. The highest BCUT2D eigenvalue weighted by atomic mass is 16.3. The van der Waals surface area contributed by atoms with E-state index in [9.17, 15) is 5.11 Å². The molecule has 0 saturated carbocycles. The van der Waals surface area contributed by atoms with Gasteiger partial charge < -0.3 is 10.8 Å². The van der Waals surface area contributed by atoms with Crippen molar-refractivity contribution in [2.24, 2.45) is 5.73 Å². The molecule has 0 radical (unpaired) electrons. The zero-order valence-corrected chi connectivity index (χ0v) is 10.4. The summed E-state index contributed by atoms with van der Waals surface area (Å²) in [6.07, 6.45) is 1.85. The molecule has 0 aliphatic carbocycles. The molecule has 0 aliphatic heterocycles. The molecule has 0 bridgehead atoms. The lowest BCUT2D eigenvalue weighted by Crippen LogP contribution is -2.13. The fourth-order valence-corrected chi connectivity index (χ4v) is 2.16. The van der Waals surface area contributed by atoms with E-state index >= 15 is 0 Å². The molecular weight excluding hydrogens is 222 g/mol. The molecule has 1 unspecified atom stereocenters. The third-order valence-corrected chi connectivity index (χ3v) is 3.21. The summed E-state index contributed by atoms with van der Waals surface area (Å²) in [7, 11) is 0. The molecule has 1 atom stereocenters. The second-order valence-electron chi connectivity index (χ2n) is 4.49. The van der Waals surface area contributed by atoms with Gasteiger partial charge in [0.1, 0.15) is 0 Å². The molecule has 0 saturated heterocycles. The van der Waals surface area contributed by atoms with Crippen LogP contribution in [0.25, 0.3) is 0 Å². The van der Waals surface area contributed by atoms with Gasteiger partial charge >= 0.3 is 0 Å². The first-order valence-corrected chi connectivity index (χ1v) is 6.29. The van der Waals surface area contributed by atoms with Gasteiger partial charge in [-0.1, -0.05) is 54.6 Å². The van der Waals surface area contributed by atoms with E-state index in [0.717, 1.165) is 24.0 Å². The lowest BCUT2D eigenvalue weighted by molar-refractivity contribution is 0.279. The Morgan fingerprint density at radius 3 is 2.33 bits per heavy atom. The highest BCUT2D eigenvalue weighted by molar-refractivity contribution is 5.29. The molecule has 0 heterocycles. The molecule has 0 fully saturated rings. The predicted molar refractivity (Wildman–Crippen MR) is 74.1 cm³/mol. The number of aryl methyl sites for hydroxylation is 1. The lowest BCUT2D eigenvalue weighted by Gasteiger charge is -2.15. The van der Waals surface area contributed by atoms with E-state index in [0.29, 0.717) is 0 Å².